The number of pyridine rings is 1. The van der Waals surface area contributed by atoms with Gasteiger partial charge in [0.15, 0.2) is 0 Å². The highest BCUT2D eigenvalue weighted by Gasteiger charge is 2.26. The van der Waals surface area contributed by atoms with Gasteiger partial charge in [0.25, 0.3) is 5.91 Å². The Morgan fingerprint density at radius 1 is 1.60 bits per heavy atom. The van der Waals surface area contributed by atoms with Crippen LogP contribution in [0.15, 0.2) is 30.1 Å². The van der Waals surface area contributed by atoms with E-state index in [9.17, 15) is 9.90 Å². The Morgan fingerprint density at radius 2 is 2.40 bits per heavy atom. The summed E-state index contributed by atoms with van der Waals surface area (Å²) in [5.74, 6) is -0.0474. The molecule has 78 valence electrons. The number of carbonyl (C=O) groups excluding carboxylic acids is 1. The maximum Gasteiger partial charge on any atom is 0.253 e. The smallest absolute Gasteiger partial charge is 0.253 e. The summed E-state index contributed by atoms with van der Waals surface area (Å²) in [6.45, 7) is 0.665. The van der Waals surface area contributed by atoms with Gasteiger partial charge in [0.1, 0.15) is 5.76 Å². The number of carbonyl (C=O) groups is 1. The fourth-order valence-electron chi connectivity index (χ4n) is 1.62. The largest absolute Gasteiger partial charge is 0.507 e. The number of hydrogen-bond acceptors (Lipinski definition) is 3. The van der Waals surface area contributed by atoms with Crippen molar-refractivity contribution >= 4 is 11.7 Å². The van der Waals surface area contributed by atoms with Crippen LogP contribution in [-0.2, 0) is 4.79 Å². The van der Waals surface area contributed by atoms with Crippen LogP contribution < -0.4 is 0 Å². The van der Waals surface area contributed by atoms with E-state index < -0.39 is 0 Å². The third kappa shape index (κ3) is 1.70. The summed E-state index contributed by atoms with van der Waals surface area (Å²) in [5.41, 5.74) is 1.07. The van der Waals surface area contributed by atoms with Crippen molar-refractivity contribution in [3.05, 3.63) is 35.7 Å². The lowest BCUT2D eigenvalue weighted by atomic mass is 10.1. The third-order valence-electron chi connectivity index (χ3n) is 2.52. The summed E-state index contributed by atoms with van der Waals surface area (Å²) in [7, 11) is 1.73. The number of amides is 1. The number of nitrogens with zero attached hydrogens (tertiary/aromatic N) is 2. The molecule has 1 saturated heterocycles. The van der Waals surface area contributed by atoms with Gasteiger partial charge in [-0.1, -0.05) is 0 Å². The zero-order valence-electron chi connectivity index (χ0n) is 8.47. The van der Waals surface area contributed by atoms with Gasteiger partial charge in [-0.3, -0.25) is 9.78 Å². The van der Waals surface area contributed by atoms with Gasteiger partial charge >= 0.3 is 0 Å². The zero-order valence-corrected chi connectivity index (χ0v) is 8.47. The van der Waals surface area contributed by atoms with Crippen molar-refractivity contribution in [3.8, 4) is 0 Å². The number of aliphatic hydroxyl groups is 1. The van der Waals surface area contributed by atoms with E-state index in [4.69, 9.17) is 0 Å². The van der Waals surface area contributed by atoms with Gasteiger partial charge in [-0.2, -0.15) is 0 Å². The summed E-state index contributed by atoms with van der Waals surface area (Å²) in [6.07, 6.45) is 3.77. The average molecular weight is 204 g/mol. The molecular formula is C11H12N2O2. The Balaban J connectivity index is 2.39. The molecule has 1 aromatic rings. The number of rotatable bonds is 1. The summed E-state index contributed by atoms with van der Waals surface area (Å²) >= 11 is 0. The zero-order chi connectivity index (χ0) is 10.8. The Bertz CT molecular complexity index is 412. The van der Waals surface area contributed by atoms with Crippen LogP contribution in [0.5, 0.6) is 0 Å². The Hall–Kier alpha value is -1.84. The van der Waals surface area contributed by atoms with Crippen molar-refractivity contribution in [3.63, 3.8) is 0 Å². The van der Waals surface area contributed by atoms with Crippen LogP contribution in [0.25, 0.3) is 5.76 Å². The number of aromatic nitrogens is 1. The fourth-order valence-corrected chi connectivity index (χ4v) is 1.62. The van der Waals surface area contributed by atoms with Gasteiger partial charge in [-0.15, -0.1) is 0 Å². The molecule has 1 aromatic heterocycles. The molecule has 2 rings (SSSR count). The van der Waals surface area contributed by atoms with Gasteiger partial charge in [0, 0.05) is 31.5 Å². The van der Waals surface area contributed by atoms with E-state index in [-0.39, 0.29) is 11.7 Å². The third-order valence-corrected chi connectivity index (χ3v) is 2.52. The molecule has 1 aliphatic heterocycles. The Kier molecular flexibility index (Phi) is 2.41. The molecule has 1 N–H and O–H groups in total. The van der Waals surface area contributed by atoms with Crippen LogP contribution >= 0.6 is 0 Å². The molecule has 15 heavy (non-hydrogen) atoms. The van der Waals surface area contributed by atoms with Crippen molar-refractivity contribution in [1.82, 2.24) is 9.88 Å². The maximum absolute atomic E-state index is 11.6. The first-order valence-electron chi connectivity index (χ1n) is 4.78. The van der Waals surface area contributed by atoms with Crippen molar-refractivity contribution < 1.29 is 9.90 Å². The minimum absolute atomic E-state index is 0.0532. The SMILES string of the molecule is CN1CC/C(=C(\O)c2cccnc2)C1=O. The van der Waals surface area contributed by atoms with E-state index in [1.807, 2.05) is 0 Å². The summed E-state index contributed by atoms with van der Waals surface area (Å²) in [4.78, 5) is 17.1. The minimum Gasteiger partial charge on any atom is -0.507 e. The highest BCUT2D eigenvalue weighted by Crippen LogP contribution is 2.23. The van der Waals surface area contributed by atoms with E-state index in [0.717, 1.165) is 0 Å². The molecule has 0 spiro atoms. The normalized spacial score (nSPS) is 19.5. The van der Waals surface area contributed by atoms with E-state index in [1.54, 1.807) is 36.5 Å². The van der Waals surface area contributed by atoms with Crippen LogP contribution in [0.3, 0.4) is 0 Å². The molecular weight excluding hydrogens is 192 g/mol. The first kappa shape index (κ1) is 9.71. The predicted octanol–water partition coefficient (Wildman–Crippen LogP) is 1.21. The van der Waals surface area contributed by atoms with Gasteiger partial charge in [0.05, 0.1) is 5.57 Å². The monoisotopic (exact) mass is 204 g/mol. The van der Waals surface area contributed by atoms with Gasteiger partial charge in [-0.05, 0) is 18.6 Å². The predicted molar refractivity (Wildman–Crippen MR) is 56.0 cm³/mol. The molecule has 1 fully saturated rings. The molecule has 0 aromatic carbocycles. The van der Waals surface area contributed by atoms with Crippen molar-refractivity contribution in [1.29, 1.82) is 0 Å². The van der Waals surface area contributed by atoms with E-state index in [0.29, 0.717) is 24.1 Å². The molecule has 0 atom stereocenters. The molecule has 1 amide bonds. The average Bonchev–Trinajstić information content (AvgIpc) is 2.60. The summed E-state index contributed by atoms with van der Waals surface area (Å²) in [5, 5.41) is 9.90. The fraction of sp³-hybridized carbons (Fsp3) is 0.273. The molecule has 4 nitrogen and oxygen atoms in total. The lowest BCUT2D eigenvalue weighted by molar-refractivity contribution is -0.123. The molecule has 1 aliphatic rings. The quantitative estimate of drug-likeness (QED) is 0.552. The first-order chi connectivity index (χ1) is 7.20. The van der Waals surface area contributed by atoms with E-state index in [2.05, 4.69) is 4.98 Å². The van der Waals surface area contributed by atoms with Gasteiger partial charge in [-0.25, -0.2) is 0 Å². The summed E-state index contributed by atoms with van der Waals surface area (Å²) in [6, 6.07) is 3.47. The Morgan fingerprint density at radius 3 is 2.93 bits per heavy atom. The van der Waals surface area contributed by atoms with Crippen LogP contribution in [0.2, 0.25) is 0 Å². The number of aliphatic hydroxyl groups excluding tert-OH is 1. The molecule has 0 saturated carbocycles. The number of likely N-dealkylation sites (tertiary alicyclic amines) is 1. The van der Waals surface area contributed by atoms with Gasteiger partial charge < -0.3 is 10.0 Å². The van der Waals surface area contributed by atoms with Crippen LogP contribution in [0, 0.1) is 0 Å². The van der Waals surface area contributed by atoms with Crippen molar-refractivity contribution in [2.45, 2.75) is 6.42 Å². The second-order valence-corrected chi connectivity index (χ2v) is 3.55. The number of likely N-dealkylation sites (N-methyl/N-ethyl adjacent to an activating group) is 1. The first-order valence-corrected chi connectivity index (χ1v) is 4.78. The Labute approximate surface area is 87.9 Å². The summed E-state index contributed by atoms with van der Waals surface area (Å²) < 4.78 is 0. The molecule has 0 aliphatic carbocycles. The molecule has 0 bridgehead atoms. The minimum atomic E-state index is -0.101. The molecule has 2 heterocycles. The second kappa shape index (κ2) is 3.73. The lowest BCUT2D eigenvalue weighted by Gasteiger charge is -2.06. The molecule has 4 heteroatoms. The van der Waals surface area contributed by atoms with Crippen LogP contribution in [0.4, 0.5) is 0 Å². The van der Waals surface area contributed by atoms with Crippen molar-refractivity contribution in [2.75, 3.05) is 13.6 Å². The van der Waals surface area contributed by atoms with Gasteiger partial charge in [0.2, 0.25) is 0 Å². The van der Waals surface area contributed by atoms with Crippen molar-refractivity contribution in [2.24, 2.45) is 0 Å². The number of hydrogen-bond donors (Lipinski definition) is 1. The van der Waals surface area contributed by atoms with Crippen LogP contribution in [-0.4, -0.2) is 34.5 Å². The maximum atomic E-state index is 11.6. The highest BCUT2D eigenvalue weighted by atomic mass is 16.3. The second-order valence-electron chi connectivity index (χ2n) is 3.55. The lowest BCUT2D eigenvalue weighted by Crippen LogP contribution is -2.19. The van der Waals surface area contributed by atoms with E-state index in [1.165, 1.54) is 0 Å². The standard InChI is InChI=1S/C11H12N2O2/c1-13-6-4-9(11(13)15)10(14)8-3-2-5-12-7-8/h2-3,5,7,14H,4,6H2,1H3/b10-9+. The van der Waals surface area contributed by atoms with E-state index >= 15 is 0 Å². The highest BCUT2D eigenvalue weighted by molar-refractivity contribution is 6.01. The van der Waals surface area contributed by atoms with Crippen LogP contribution in [0.1, 0.15) is 12.0 Å². The molecule has 0 radical (unpaired) electrons. The molecule has 0 unspecified atom stereocenters. The topological polar surface area (TPSA) is 53.4 Å².